The number of hydrogen-bond donors (Lipinski definition) is 1. The van der Waals surface area contributed by atoms with Crippen molar-refractivity contribution in [2.45, 2.75) is 36.6 Å². The Morgan fingerprint density at radius 2 is 2.03 bits per heavy atom. The molecule has 6 nitrogen and oxygen atoms in total. The third-order valence-corrected chi connectivity index (χ3v) is 6.30. The van der Waals surface area contributed by atoms with Gasteiger partial charge in [-0.1, -0.05) is 41.9 Å². The number of nitrogens with zero attached hydrogens (tertiary/aromatic N) is 3. The van der Waals surface area contributed by atoms with E-state index in [9.17, 15) is 4.79 Å². The highest BCUT2D eigenvalue weighted by Crippen LogP contribution is 2.33. The molecule has 0 saturated carbocycles. The fourth-order valence-electron chi connectivity index (χ4n) is 3.40. The van der Waals surface area contributed by atoms with Crippen molar-refractivity contribution < 1.29 is 9.53 Å². The van der Waals surface area contributed by atoms with Crippen molar-refractivity contribution in [3.05, 3.63) is 53.6 Å². The number of carbonyl (C=O) groups is 1. The molecule has 1 atom stereocenters. The average Bonchev–Trinajstić information content (AvgIpc) is 3.06. The minimum Gasteiger partial charge on any atom is -0.494 e. The molecule has 1 fully saturated rings. The molecule has 1 N–H and O–H groups in total. The van der Waals surface area contributed by atoms with E-state index in [1.54, 1.807) is 0 Å². The number of carbonyl (C=O) groups excluding carboxylic acids is 1. The quantitative estimate of drug-likeness (QED) is 0.596. The van der Waals surface area contributed by atoms with Gasteiger partial charge in [-0.05, 0) is 56.2 Å². The highest BCUT2D eigenvalue weighted by atomic mass is 35.5. The molecule has 0 bridgehead atoms. The minimum atomic E-state index is -0.189. The maximum absolute atomic E-state index is 12.5. The SMILES string of the molecule is CCOc1ccc(-n2c(SC3CCCCNC3=O)nnc2-c2cccc(Cl)c2)cc1. The Balaban J connectivity index is 1.75. The van der Waals surface area contributed by atoms with E-state index >= 15 is 0 Å². The Morgan fingerprint density at radius 1 is 1.20 bits per heavy atom. The smallest absolute Gasteiger partial charge is 0.233 e. The van der Waals surface area contributed by atoms with E-state index in [0.717, 1.165) is 42.8 Å². The van der Waals surface area contributed by atoms with Gasteiger partial charge in [-0.2, -0.15) is 0 Å². The molecule has 4 rings (SSSR count). The first-order valence-electron chi connectivity index (χ1n) is 10.0. The molecule has 30 heavy (non-hydrogen) atoms. The Morgan fingerprint density at radius 3 is 2.80 bits per heavy atom. The maximum Gasteiger partial charge on any atom is 0.233 e. The number of ether oxygens (including phenoxy) is 1. The van der Waals surface area contributed by atoms with E-state index in [1.165, 1.54) is 11.8 Å². The zero-order chi connectivity index (χ0) is 20.9. The molecule has 0 spiro atoms. The molecular formula is C22H23ClN4O2S. The van der Waals surface area contributed by atoms with Gasteiger partial charge in [-0.25, -0.2) is 0 Å². The van der Waals surface area contributed by atoms with Crippen LogP contribution in [0.4, 0.5) is 0 Å². The third-order valence-electron chi connectivity index (χ3n) is 4.85. The molecule has 8 heteroatoms. The summed E-state index contributed by atoms with van der Waals surface area (Å²) in [5.74, 6) is 1.54. The van der Waals surface area contributed by atoms with Crippen molar-refractivity contribution in [2.75, 3.05) is 13.2 Å². The van der Waals surface area contributed by atoms with E-state index in [0.29, 0.717) is 22.6 Å². The second-order valence-electron chi connectivity index (χ2n) is 6.97. The predicted octanol–water partition coefficient (Wildman–Crippen LogP) is 4.75. The summed E-state index contributed by atoms with van der Waals surface area (Å²) >= 11 is 7.67. The summed E-state index contributed by atoms with van der Waals surface area (Å²) in [4.78, 5) is 12.5. The summed E-state index contributed by atoms with van der Waals surface area (Å²) in [5, 5.41) is 13.0. The van der Waals surface area contributed by atoms with Crippen molar-refractivity contribution in [1.82, 2.24) is 20.1 Å². The standard InChI is InChI=1S/C22H23ClN4O2S/c1-2-29-18-11-9-17(10-12-18)27-20(15-6-5-7-16(23)14-15)25-26-22(27)30-19-8-3-4-13-24-21(19)28/h5-7,9-12,14,19H,2-4,8,13H2,1H3,(H,24,28). The second-order valence-corrected chi connectivity index (χ2v) is 8.58. The van der Waals surface area contributed by atoms with Crippen LogP contribution in [-0.4, -0.2) is 39.1 Å². The lowest BCUT2D eigenvalue weighted by Gasteiger charge is -2.15. The monoisotopic (exact) mass is 442 g/mol. The van der Waals surface area contributed by atoms with Crippen LogP contribution in [0.1, 0.15) is 26.2 Å². The molecule has 1 aliphatic heterocycles. The zero-order valence-electron chi connectivity index (χ0n) is 16.7. The average molecular weight is 443 g/mol. The van der Waals surface area contributed by atoms with Gasteiger partial charge in [-0.15, -0.1) is 10.2 Å². The van der Waals surface area contributed by atoms with Crippen molar-refractivity contribution in [2.24, 2.45) is 0 Å². The first-order valence-corrected chi connectivity index (χ1v) is 11.3. The molecule has 0 radical (unpaired) electrons. The van der Waals surface area contributed by atoms with Crippen LogP contribution in [0.3, 0.4) is 0 Å². The summed E-state index contributed by atoms with van der Waals surface area (Å²) in [6, 6.07) is 15.3. The van der Waals surface area contributed by atoms with Crippen LogP contribution in [0.5, 0.6) is 5.75 Å². The van der Waals surface area contributed by atoms with Crippen LogP contribution in [0.2, 0.25) is 5.02 Å². The predicted molar refractivity (Wildman–Crippen MR) is 119 cm³/mol. The van der Waals surface area contributed by atoms with E-state index in [1.807, 2.05) is 60.0 Å². The van der Waals surface area contributed by atoms with Crippen LogP contribution < -0.4 is 10.1 Å². The lowest BCUT2D eigenvalue weighted by atomic mass is 10.2. The second kappa shape index (κ2) is 9.53. The van der Waals surface area contributed by atoms with Crippen LogP contribution in [0, 0.1) is 0 Å². The summed E-state index contributed by atoms with van der Waals surface area (Å²) in [7, 11) is 0. The van der Waals surface area contributed by atoms with Gasteiger partial charge < -0.3 is 10.1 Å². The van der Waals surface area contributed by atoms with Gasteiger partial charge >= 0.3 is 0 Å². The van der Waals surface area contributed by atoms with Gasteiger partial charge in [0.05, 0.1) is 11.9 Å². The molecule has 2 heterocycles. The number of hydrogen-bond acceptors (Lipinski definition) is 5. The van der Waals surface area contributed by atoms with Gasteiger partial charge in [0.1, 0.15) is 5.75 Å². The molecule has 1 saturated heterocycles. The van der Waals surface area contributed by atoms with E-state index < -0.39 is 0 Å². The Labute approximate surface area is 185 Å². The Bertz CT molecular complexity index is 1020. The summed E-state index contributed by atoms with van der Waals surface area (Å²) in [6.45, 7) is 3.30. The summed E-state index contributed by atoms with van der Waals surface area (Å²) in [5.41, 5.74) is 1.76. The molecule has 1 aliphatic rings. The summed E-state index contributed by atoms with van der Waals surface area (Å²) < 4.78 is 7.55. The van der Waals surface area contributed by atoms with Crippen molar-refractivity contribution >= 4 is 29.3 Å². The summed E-state index contributed by atoms with van der Waals surface area (Å²) in [6.07, 6.45) is 2.83. The molecule has 1 amide bonds. The Kier molecular flexibility index (Phi) is 6.59. The van der Waals surface area contributed by atoms with E-state index in [-0.39, 0.29) is 11.2 Å². The fourth-order valence-corrected chi connectivity index (χ4v) is 4.71. The number of rotatable bonds is 6. The van der Waals surface area contributed by atoms with Gasteiger partial charge in [0.25, 0.3) is 0 Å². The third kappa shape index (κ3) is 4.63. The lowest BCUT2D eigenvalue weighted by molar-refractivity contribution is -0.120. The maximum atomic E-state index is 12.5. The molecule has 156 valence electrons. The van der Waals surface area contributed by atoms with Crippen molar-refractivity contribution in [3.8, 4) is 22.8 Å². The topological polar surface area (TPSA) is 69.0 Å². The first kappa shape index (κ1) is 20.8. The molecule has 1 unspecified atom stereocenters. The fraction of sp³-hybridized carbons (Fsp3) is 0.318. The lowest BCUT2D eigenvalue weighted by Crippen LogP contribution is -2.30. The highest BCUT2D eigenvalue weighted by molar-refractivity contribution is 8.00. The molecule has 2 aromatic carbocycles. The molecule has 0 aliphatic carbocycles. The zero-order valence-corrected chi connectivity index (χ0v) is 18.2. The van der Waals surface area contributed by atoms with Gasteiger partial charge in [-0.3, -0.25) is 9.36 Å². The first-order chi connectivity index (χ1) is 14.7. The normalized spacial score (nSPS) is 16.7. The molecular weight excluding hydrogens is 420 g/mol. The molecule has 3 aromatic rings. The number of amides is 1. The van der Waals surface area contributed by atoms with Crippen LogP contribution in [-0.2, 0) is 4.79 Å². The van der Waals surface area contributed by atoms with E-state index in [2.05, 4.69) is 15.5 Å². The van der Waals surface area contributed by atoms with Crippen LogP contribution in [0.25, 0.3) is 17.1 Å². The number of thioether (sulfide) groups is 1. The van der Waals surface area contributed by atoms with Crippen molar-refractivity contribution in [1.29, 1.82) is 0 Å². The van der Waals surface area contributed by atoms with Crippen molar-refractivity contribution in [3.63, 3.8) is 0 Å². The Hall–Kier alpha value is -2.51. The minimum absolute atomic E-state index is 0.0584. The number of benzene rings is 2. The number of aromatic nitrogens is 3. The van der Waals surface area contributed by atoms with Crippen LogP contribution in [0.15, 0.2) is 53.7 Å². The van der Waals surface area contributed by atoms with Gasteiger partial charge in [0.15, 0.2) is 11.0 Å². The van der Waals surface area contributed by atoms with Gasteiger partial charge in [0, 0.05) is 22.8 Å². The van der Waals surface area contributed by atoms with Gasteiger partial charge in [0.2, 0.25) is 5.91 Å². The van der Waals surface area contributed by atoms with E-state index in [4.69, 9.17) is 16.3 Å². The molecule has 1 aromatic heterocycles. The largest absolute Gasteiger partial charge is 0.494 e. The number of halogens is 1. The van der Waals surface area contributed by atoms with Crippen LogP contribution >= 0.6 is 23.4 Å². The highest BCUT2D eigenvalue weighted by Gasteiger charge is 2.26. The number of nitrogens with one attached hydrogen (secondary N) is 1.